The molecular weight excluding hydrogens is 408 g/mol. The van der Waals surface area contributed by atoms with Gasteiger partial charge in [-0.25, -0.2) is 0 Å². The fourth-order valence-corrected chi connectivity index (χ4v) is 6.11. The third-order valence-corrected chi connectivity index (χ3v) is 8.04. The van der Waals surface area contributed by atoms with E-state index in [9.17, 15) is 0 Å². The van der Waals surface area contributed by atoms with Gasteiger partial charge in [0.05, 0.1) is 0 Å². The summed E-state index contributed by atoms with van der Waals surface area (Å²) in [5.74, 6) is 0.891. The van der Waals surface area contributed by atoms with Gasteiger partial charge in [-0.2, -0.15) is 0 Å². The minimum Gasteiger partial charge on any atom is -0.0649 e. The first-order chi connectivity index (χ1) is 16.8. The van der Waals surface area contributed by atoms with Crippen molar-refractivity contribution >= 4 is 27.6 Å². The second-order valence-electron chi connectivity index (χ2n) is 10.1. The lowest BCUT2D eigenvalue weighted by atomic mass is 9.80. The van der Waals surface area contributed by atoms with Crippen LogP contribution in [0.2, 0.25) is 0 Å². The minimum absolute atomic E-state index is 0.891. The Bertz CT molecular complexity index is 1570. The molecule has 0 bridgehead atoms. The minimum atomic E-state index is 0.891. The molecule has 34 heavy (non-hydrogen) atoms. The Labute approximate surface area is 201 Å². The monoisotopic (exact) mass is 436 g/mol. The number of hydrogen-bond donors (Lipinski definition) is 0. The molecule has 0 unspecified atom stereocenters. The van der Waals surface area contributed by atoms with Crippen LogP contribution in [0.5, 0.6) is 0 Å². The lowest BCUT2D eigenvalue weighted by Gasteiger charge is -2.25. The highest BCUT2D eigenvalue weighted by Crippen LogP contribution is 2.45. The molecule has 0 amide bonds. The van der Waals surface area contributed by atoms with Gasteiger partial charge in [-0.3, -0.25) is 0 Å². The molecule has 0 heteroatoms. The molecule has 0 aliphatic heterocycles. The Morgan fingerprint density at radius 1 is 0.559 bits per heavy atom. The van der Waals surface area contributed by atoms with E-state index in [0.29, 0.717) is 0 Å². The Balaban J connectivity index is 1.44. The van der Waals surface area contributed by atoms with E-state index in [-0.39, 0.29) is 0 Å². The van der Waals surface area contributed by atoms with Crippen LogP contribution >= 0.6 is 0 Å². The lowest BCUT2D eigenvalue weighted by Crippen LogP contribution is -2.11. The summed E-state index contributed by atoms with van der Waals surface area (Å²) in [6, 6.07) is 35.8. The van der Waals surface area contributed by atoms with Gasteiger partial charge in [0.1, 0.15) is 0 Å². The van der Waals surface area contributed by atoms with Gasteiger partial charge >= 0.3 is 0 Å². The Morgan fingerprint density at radius 3 is 1.79 bits per heavy atom. The van der Waals surface area contributed by atoms with Gasteiger partial charge in [0, 0.05) is 0 Å². The van der Waals surface area contributed by atoms with Gasteiger partial charge in [0.25, 0.3) is 0 Å². The van der Waals surface area contributed by atoms with Gasteiger partial charge < -0.3 is 0 Å². The first-order valence-electron chi connectivity index (χ1n) is 12.7. The van der Waals surface area contributed by atoms with Crippen LogP contribution in [0.1, 0.15) is 36.8 Å². The number of hydrogen-bond acceptors (Lipinski definition) is 0. The largest absolute Gasteiger partial charge is 0.0649 e. The van der Waals surface area contributed by atoms with Gasteiger partial charge in [-0.05, 0) is 73.7 Å². The molecule has 5 aromatic rings. The van der Waals surface area contributed by atoms with Crippen molar-refractivity contribution in [3.05, 3.63) is 114 Å². The van der Waals surface area contributed by atoms with E-state index < -0.39 is 0 Å². The van der Waals surface area contributed by atoms with E-state index in [4.69, 9.17) is 0 Å². The predicted molar refractivity (Wildman–Crippen MR) is 146 cm³/mol. The fraction of sp³-hybridized carbons (Fsp3) is 0.176. The summed E-state index contributed by atoms with van der Waals surface area (Å²) in [7, 11) is 0. The van der Waals surface area contributed by atoms with Gasteiger partial charge in [-0.15, -0.1) is 0 Å². The summed E-state index contributed by atoms with van der Waals surface area (Å²) in [5.41, 5.74) is 10.0. The van der Waals surface area contributed by atoms with Gasteiger partial charge in [-0.1, -0.05) is 128 Å². The van der Waals surface area contributed by atoms with Gasteiger partial charge in [0.15, 0.2) is 0 Å². The van der Waals surface area contributed by atoms with E-state index in [1.807, 2.05) is 0 Å². The molecule has 0 nitrogen and oxygen atoms in total. The van der Waals surface area contributed by atoms with Crippen molar-refractivity contribution in [3.63, 3.8) is 0 Å². The molecule has 0 saturated heterocycles. The summed E-state index contributed by atoms with van der Waals surface area (Å²) in [6.45, 7) is 0. The summed E-state index contributed by atoms with van der Waals surface area (Å²) < 4.78 is 0. The second kappa shape index (κ2) is 7.99. The SMILES string of the molecule is C1=C(CC2CCC2)Cc2c(-c3cccc4ccccc34)ccc(-c3cccc4ccccc34)c21. The van der Waals surface area contributed by atoms with Crippen LogP contribution in [-0.2, 0) is 6.42 Å². The number of fused-ring (bicyclic) bond motifs is 3. The third kappa shape index (κ3) is 3.21. The molecule has 0 N–H and O–H groups in total. The average Bonchev–Trinajstić information content (AvgIpc) is 3.29. The highest BCUT2D eigenvalue weighted by Gasteiger charge is 2.26. The molecule has 0 atom stereocenters. The maximum absolute atomic E-state index is 2.54. The van der Waals surface area contributed by atoms with Crippen LogP contribution in [0.25, 0.3) is 49.9 Å². The van der Waals surface area contributed by atoms with Gasteiger partial charge in [0.2, 0.25) is 0 Å². The van der Waals surface area contributed by atoms with E-state index >= 15 is 0 Å². The lowest BCUT2D eigenvalue weighted by molar-refractivity contribution is 0.313. The molecule has 164 valence electrons. The number of benzene rings is 5. The molecule has 1 fully saturated rings. The van der Waals surface area contributed by atoms with Crippen LogP contribution < -0.4 is 0 Å². The molecule has 1 saturated carbocycles. The maximum Gasteiger partial charge on any atom is -0.00513 e. The van der Waals surface area contributed by atoms with Crippen LogP contribution in [0.4, 0.5) is 0 Å². The molecule has 0 heterocycles. The molecular formula is C34H28. The number of allylic oxidation sites excluding steroid dienone is 1. The zero-order valence-corrected chi connectivity index (χ0v) is 19.4. The standard InChI is InChI=1S/C34H28/c1-3-14-27-25(10-1)12-6-16-29(27)31-18-19-32(30-17-7-13-26-11-2-4-15-28(26)30)34-22-24(21-33(31)34)20-23-8-5-9-23/h1-4,6-7,10-19,21,23H,5,8-9,20,22H2. The zero-order chi connectivity index (χ0) is 22.5. The van der Waals surface area contributed by atoms with Crippen molar-refractivity contribution < 1.29 is 0 Å². The van der Waals surface area contributed by atoms with E-state index in [1.165, 1.54) is 80.6 Å². The van der Waals surface area contributed by atoms with E-state index in [0.717, 1.165) is 12.3 Å². The summed E-state index contributed by atoms with van der Waals surface area (Å²) in [5, 5.41) is 5.31. The third-order valence-electron chi connectivity index (χ3n) is 8.04. The topological polar surface area (TPSA) is 0 Å². The first kappa shape index (κ1) is 19.8. The number of rotatable bonds is 4. The van der Waals surface area contributed by atoms with E-state index in [1.54, 1.807) is 5.57 Å². The Kier molecular flexibility index (Phi) is 4.65. The van der Waals surface area contributed by atoms with Crippen LogP contribution in [-0.4, -0.2) is 0 Å². The Hall–Kier alpha value is -3.64. The van der Waals surface area contributed by atoms with Crippen molar-refractivity contribution in [1.82, 2.24) is 0 Å². The smallest absolute Gasteiger partial charge is 0.00513 e. The van der Waals surface area contributed by atoms with E-state index in [2.05, 4.69) is 103 Å². The van der Waals surface area contributed by atoms with Crippen molar-refractivity contribution in [2.75, 3.05) is 0 Å². The fourth-order valence-electron chi connectivity index (χ4n) is 6.11. The molecule has 7 rings (SSSR count). The van der Waals surface area contributed by atoms with Crippen molar-refractivity contribution in [1.29, 1.82) is 0 Å². The molecule has 2 aliphatic rings. The second-order valence-corrected chi connectivity index (χ2v) is 10.1. The molecule has 0 spiro atoms. The maximum atomic E-state index is 2.54. The molecule has 0 aromatic heterocycles. The van der Waals surface area contributed by atoms with Crippen molar-refractivity contribution in [3.8, 4) is 22.3 Å². The van der Waals surface area contributed by atoms with Crippen LogP contribution in [0, 0.1) is 5.92 Å². The van der Waals surface area contributed by atoms with Crippen molar-refractivity contribution in [2.24, 2.45) is 5.92 Å². The quantitative estimate of drug-likeness (QED) is 0.263. The summed E-state index contributed by atoms with van der Waals surface area (Å²) in [6.07, 6.45) is 9.11. The molecule has 0 radical (unpaired) electrons. The van der Waals surface area contributed by atoms with Crippen LogP contribution in [0.15, 0.2) is 103 Å². The first-order valence-corrected chi connectivity index (χ1v) is 12.7. The highest BCUT2D eigenvalue weighted by atomic mass is 14.3. The highest BCUT2D eigenvalue weighted by molar-refractivity contribution is 6.02. The molecule has 2 aliphatic carbocycles. The summed E-state index contributed by atoms with van der Waals surface area (Å²) in [4.78, 5) is 0. The van der Waals surface area contributed by atoms with Crippen LogP contribution in [0.3, 0.4) is 0 Å². The summed E-state index contributed by atoms with van der Waals surface area (Å²) >= 11 is 0. The van der Waals surface area contributed by atoms with Crippen molar-refractivity contribution in [2.45, 2.75) is 32.1 Å². The molecule has 5 aromatic carbocycles. The normalized spacial score (nSPS) is 15.4. The predicted octanol–water partition coefficient (Wildman–Crippen LogP) is 9.46. The zero-order valence-electron chi connectivity index (χ0n) is 19.4. The Morgan fingerprint density at radius 2 is 1.15 bits per heavy atom. The average molecular weight is 437 g/mol.